The molecule has 1 rings (SSSR count). The first-order chi connectivity index (χ1) is 9.90. The number of rotatable bonds is 6. The molecule has 0 aromatic rings. The summed E-state index contributed by atoms with van der Waals surface area (Å²) in [7, 11) is 0. The van der Waals surface area contributed by atoms with Gasteiger partial charge < -0.3 is 14.9 Å². The number of piperidine rings is 1. The second-order valence-electron chi connectivity index (χ2n) is 6.26. The van der Waals surface area contributed by atoms with Gasteiger partial charge in [0.25, 0.3) is 0 Å². The fraction of sp³-hybridized carbons (Fsp3) is 0.875. The van der Waals surface area contributed by atoms with Gasteiger partial charge in [-0.3, -0.25) is 4.79 Å². The molecule has 1 saturated heterocycles. The van der Waals surface area contributed by atoms with E-state index in [4.69, 9.17) is 0 Å². The molecule has 1 N–H and O–H groups in total. The van der Waals surface area contributed by atoms with Gasteiger partial charge in [-0.1, -0.05) is 27.2 Å². The van der Waals surface area contributed by atoms with Crippen LogP contribution in [0.15, 0.2) is 0 Å². The zero-order valence-electron chi connectivity index (χ0n) is 13.9. The van der Waals surface area contributed by atoms with Crippen molar-refractivity contribution in [2.75, 3.05) is 26.2 Å². The number of carbonyl (C=O) groups excluding carboxylic acids is 1. The van der Waals surface area contributed by atoms with Crippen molar-refractivity contribution in [3.05, 3.63) is 0 Å². The molecule has 0 aliphatic carbocycles. The van der Waals surface area contributed by atoms with Gasteiger partial charge in [-0.05, 0) is 32.1 Å². The monoisotopic (exact) mass is 298 g/mol. The van der Waals surface area contributed by atoms with Crippen molar-refractivity contribution in [3.8, 4) is 0 Å². The lowest BCUT2D eigenvalue weighted by Crippen LogP contribution is -2.51. The normalized spacial score (nSPS) is 19.1. The molecule has 0 spiro atoms. The second-order valence-corrected chi connectivity index (χ2v) is 6.26. The molecule has 1 fully saturated rings. The average Bonchev–Trinajstić information content (AvgIpc) is 2.51. The number of hydrogen-bond acceptors (Lipinski definition) is 2. The molecule has 1 atom stereocenters. The van der Waals surface area contributed by atoms with Crippen molar-refractivity contribution in [1.82, 2.24) is 9.80 Å². The van der Waals surface area contributed by atoms with Gasteiger partial charge in [0.05, 0.1) is 5.41 Å². The van der Waals surface area contributed by atoms with E-state index in [1.54, 1.807) is 0 Å². The Kier molecular flexibility index (Phi) is 6.49. The first-order valence-electron chi connectivity index (χ1n) is 8.17. The molecule has 122 valence electrons. The number of hydrogen-bond donors (Lipinski definition) is 1. The van der Waals surface area contributed by atoms with Gasteiger partial charge >= 0.3 is 12.0 Å². The molecule has 1 aliphatic rings. The molecule has 0 radical (unpaired) electrons. The lowest BCUT2D eigenvalue weighted by molar-refractivity contribution is -0.152. The van der Waals surface area contributed by atoms with Gasteiger partial charge in [-0.15, -0.1) is 0 Å². The maximum atomic E-state index is 12.6. The Labute approximate surface area is 128 Å². The molecule has 0 aromatic carbocycles. The molecule has 1 heterocycles. The van der Waals surface area contributed by atoms with Gasteiger partial charge in [-0.2, -0.15) is 0 Å². The van der Waals surface area contributed by atoms with Crippen LogP contribution in [-0.2, 0) is 4.79 Å². The quantitative estimate of drug-likeness (QED) is 0.820. The van der Waals surface area contributed by atoms with Crippen LogP contribution in [0.1, 0.15) is 53.4 Å². The number of carboxylic acid groups (broad SMARTS) is 1. The molecule has 1 aliphatic heterocycles. The molecule has 2 amide bonds. The minimum atomic E-state index is -0.718. The smallest absolute Gasteiger partial charge is 0.319 e. The van der Waals surface area contributed by atoms with Crippen molar-refractivity contribution in [3.63, 3.8) is 0 Å². The summed E-state index contributed by atoms with van der Waals surface area (Å²) in [6.45, 7) is 10.8. The molecular weight excluding hydrogens is 268 g/mol. The fourth-order valence-electron chi connectivity index (χ4n) is 2.89. The summed E-state index contributed by atoms with van der Waals surface area (Å²) in [5.41, 5.74) is -0.634. The van der Waals surface area contributed by atoms with Gasteiger partial charge in [0, 0.05) is 26.2 Å². The Morgan fingerprint density at radius 3 is 2.19 bits per heavy atom. The summed E-state index contributed by atoms with van der Waals surface area (Å²) in [5, 5.41) is 9.41. The van der Waals surface area contributed by atoms with Crippen LogP contribution < -0.4 is 0 Å². The minimum Gasteiger partial charge on any atom is -0.481 e. The Morgan fingerprint density at radius 1 is 1.24 bits per heavy atom. The van der Waals surface area contributed by atoms with E-state index < -0.39 is 11.4 Å². The fourth-order valence-corrected chi connectivity index (χ4v) is 2.89. The topological polar surface area (TPSA) is 60.9 Å². The van der Waals surface area contributed by atoms with Crippen LogP contribution in [0.4, 0.5) is 4.79 Å². The third kappa shape index (κ3) is 4.11. The summed E-state index contributed by atoms with van der Waals surface area (Å²) in [4.78, 5) is 27.7. The maximum Gasteiger partial charge on any atom is 0.319 e. The van der Waals surface area contributed by atoms with Crippen LogP contribution in [0.25, 0.3) is 0 Å². The Balaban J connectivity index is 2.63. The molecule has 0 aromatic heterocycles. The predicted molar refractivity (Wildman–Crippen MR) is 83.3 cm³/mol. The molecule has 5 nitrogen and oxygen atoms in total. The summed E-state index contributed by atoms with van der Waals surface area (Å²) in [5.74, 6) is -0.225. The molecular formula is C16H30N2O3. The van der Waals surface area contributed by atoms with E-state index in [1.165, 1.54) is 0 Å². The van der Waals surface area contributed by atoms with Gasteiger partial charge in [0.15, 0.2) is 0 Å². The van der Waals surface area contributed by atoms with E-state index in [2.05, 4.69) is 13.8 Å². The van der Waals surface area contributed by atoms with E-state index in [9.17, 15) is 14.7 Å². The third-order valence-corrected chi connectivity index (χ3v) is 5.00. The maximum absolute atomic E-state index is 12.6. The van der Waals surface area contributed by atoms with Gasteiger partial charge in [-0.25, -0.2) is 4.79 Å². The first kappa shape index (κ1) is 17.8. The highest BCUT2D eigenvalue weighted by Gasteiger charge is 2.41. The van der Waals surface area contributed by atoms with E-state index in [1.807, 2.05) is 23.6 Å². The SMILES string of the molecule is CCC(C)CN(CC)C(=O)N1CCC(CC)(C(=O)O)CC1. The molecule has 1 unspecified atom stereocenters. The minimum absolute atomic E-state index is 0.0629. The standard InChI is InChI=1S/C16H30N2O3/c1-5-13(4)12-17(7-3)15(21)18-10-8-16(6-2,9-11-18)14(19)20/h13H,5-12H2,1-4H3,(H,19,20). The third-order valence-electron chi connectivity index (χ3n) is 5.00. The molecule has 0 saturated carbocycles. The van der Waals surface area contributed by atoms with Crippen molar-refractivity contribution in [2.24, 2.45) is 11.3 Å². The summed E-state index contributed by atoms with van der Waals surface area (Å²) >= 11 is 0. The Bertz CT molecular complexity index is 363. The lowest BCUT2D eigenvalue weighted by Gasteiger charge is -2.40. The van der Waals surface area contributed by atoms with E-state index in [-0.39, 0.29) is 6.03 Å². The number of amides is 2. The van der Waals surface area contributed by atoms with Crippen LogP contribution in [0, 0.1) is 11.3 Å². The van der Waals surface area contributed by atoms with E-state index in [0.717, 1.165) is 13.0 Å². The highest BCUT2D eigenvalue weighted by Crippen LogP contribution is 2.35. The van der Waals surface area contributed by atoms with Crippen LogP contribution >= 0.6 is 0 Å². The zero-order chi connectivity index (χ0) is 16.0. The van der Waals surface area contributed by atoms with Gasteiger partial charge in [0.2, 0.25) is 0 Å². The number of aliphatic carboxylic acids is 1. The second kappa shape index (κ2) is 7.66. The Hall–Kier alpha value is -1.26. The van der Waals surface area contributed by atoms with Crippen molar-refractivity contribution < 1.29 is 14.7 Å². The van der Waals surface area contributed by atoms with Gasteiger partial charge in [0.1, 0.15) is 0 Å². The number of urea groups is 1. The summed E-state index contributed by atoms with van der Waals surface area (Å²) in [6.07, 6.45) is 2.81. The number of carbonyl (C=O) groups is 2. The zero-order valence-corrected chi connectivity index (χ0v) is 13.9. The largest absolute Gasteiger partial charge is 0.481 e. The van der Waals surface area contributed by atoms with Crippen molar-refractivity contribution in [2.45, 2.75) is 53.4 Å². The molecule has 0 bridgehead atoms. The lowest BCUT2D eigenvalue weighted by atomic mass is 9.76. The highest BCUT2D eigenvalue weighted by atomic mass is 16.4. The summed E-state index contributed by atoms with van der Waals surface area (Å²) < 4.78 is 0. The predicted octanol–water partition coefficient (Wildman–Crippen LogP) is 3.05. The van der Waals surface area contributed by atoms with Crippen LogP contribution in [-0.4, -0.2) is 53.1 Å². The highest BCUT2D eigenvalue weighted by molar-refractivity contribution is 5.77. The first-order valence-corrected chi connectivity index (χ1v) is 8.17. The van der Waals surface area contributed by atoms with Crippen molar-refractivity contribution in [1.29, 1.82) is 0 Å². The molecule has 5 heteroatoms. The summed E-state index contributed by atoms with van der Waals surface area (Å²) in [6, 6.07) is 0.0629. The molecule has 21 heavy (non-hydrogen) atoms. The van der Waals surface area contributed by atoms with Crippen LogP contribution in [0.3, 0.4) is 0 Å². The number of nitrogens with zero attached hydrogens (tertiary/aromatic N) is 2. The van der Waals surface area contributed by atoms with Crippen molar-refractivity contribution >= 4 is 12.0 Å². The van der Waals surface area contributed by atoms with Crippen LogP contribution in [0.5, 0.6) is 0 Å². The van der Waals surface area contributed by atoms with Crippen LogP contribution in [0.2, 0.25) is 0 Å². The number of carboxylic acids is 1. The van der Waals surface area contributed by atoms with E-state index >= 15 is 0 Å². The Morgan fingerprint density at radius 2 is 1.81 bits per heavy atom. The average molecular weight is 298 g/mol. The number of likely N-dealkylation sites (tertiary alicyclic amines) is 1. The van der Waals surface area contributed by atoms with E-state index in [0.29, 0.717) is 44.8 Å².